The van der Waals surface area contributed by atoms with Crippen molar-refractivity contribution in [2.45, 2.75) is 84.5 Å². The van der Waals surface area contributed by atoms with Crippen LogP contribution in [0, 0.1) is 35.0 Å². The second-order valence-corrected chi connectivity index (χ2v) is 11.7. The van der Waals surface area contributed by atoms with Gasteiger partial charge in [-0.15, -0.1) is 0 Å². The summed E-state index contributed by atoms with van der Waals surface area (Å²) in [5.74, 6) is -3.21. The van der Waals surface area contributed by atoms with Crippen LogP contribution in [0.2, 0.25) is 0 Å². The van der Waals surface area contributed by atoms with Gasteiger partial charge in [0.05, 0.1) is 11.5 Å². The summed E-state index contributed by atoms with van der Waals surface area (Å²) in [6, 6.07) is 0. The lowest BCUT2D eigenvalue weighted by molar-refractivity contribution is -0.186. The molecular weight excluding hydrogens is 436 g/mol. The maximum Gasteiger partial charge on any atom is 0.308 e. The lowest BCUT2D eigenvalue weighted by atomic mass is 9.60. The number of carbonyl (C=O) groups excluding carboxylic acids is 3. The molecule has 4 rings (SSSR count). The van der Waals surface area contributed by atoms with E-state index in [1.807, 2.05) is 33.8 Å². The Morgan fingerprint density at radius 3 is 2.47 bits per heavy atom. The van der Waals surface area contributed by atoms with Gasteiger partial charge in [0.15, 0.2) is 5.78 Å². The molecule has 0 heterocycles. The summed E-state index contributed by atoms with van der Waals surface area (Å²) in [6.07, 6.45) is 4.67. The monoisotopic (exact) mass is 474 g/mol. The second-order valence-electron chi connectivity index (χ2n) is 11.7. The number of fused-ring (bicyclic) bond motifs is 5. The molecule has 0 saturated heterocycles. The second kappa shape index (κ2) is 7.76. The molecule has 2 saturated carbocycles. The van der Waals surface area contributed by atoms with Crippen LogP contribution in [-0.2, 0) is 23.9 Å². The smallest absolute Gasteiger partial charge is 0.308 e. The van der Waals surface area contributed by atoms with E-state index in [0.29, 0.717) is 24.0 Å². The molecule has 2 N–H and O–H groups in total. The highest BCUT2D eigenvalue weighted by Crippen LogP contribution is 2.76. The predicted molar refractivity (Wildman–Crippen MR) is 124 cm³/mol. The molecule has 34 heavy (non-hydrogen) atoms. The fourth-order valence-corrected chi connectivity index (χ4v) is 7.32. The van der Waals surface area contributed by atoms with Crippen molar-refractivity contribution in [1.82, 2.24) is 0 Å². The lowest BCUT2D eigenvalue weighted by Crippen LogP contribution is -2.61. The van der Waals surface area contributed by atoms with Gasteiger partial charge in [0, 0.05) is 36.5 Å². The number of hydrogen-bond acceptors (Lipinski definition) is 7. The Labute approximate surface area is 201 Å². The molecule has 0 bridgehead atoms. The van der Waals surface area contributed by atoms with Gasteiger partial charge in [-0.2, -0.15) is 0 Å². The van der Waals surface area contributed by atoms with Crippen LogP contribution in [0.1, 0.15) is 67.7 Å². The summed E-state index contributed by atoms with van der Waals surface area (Å²) in [4.78, 5) is 37.6. The number of ketones is 1. The number of rotatable bonds is 5. The van der Waals surface area contributed by atoms with Gasteiger partial charge in [-0.1, -0.05) is 46.8 Å². The lowest BCUT2D eigenvalue weighted by Gasteiger charge is -2.50. The Morgan fingerprint density at radius 1 is 1.24 bits per heavy atom. The molecule has 8 atom stereocenters. The minimum absolute atomic E-state index is 0.0165. The van der Waals surface area contributed by atoms with Crippen molar-refractivity contribution in [1.29, 1.82) is 0 Å². The molecule has 4 aliphatic carbocycles. The van der Waals surface area contributed by atoms with Crippen molar-refractivity contribution in [3.05, 3.63) is 23.3 Å². The topological polar surface area (TPSA) is 110 Å². The van der Waals surface area contributed by atoms with E-state index >= 15 is 0 Å². The third kappa shape index (κ3) is 3.19. The van der Waals surface area contributed by atoms with Crippen LogP contribution in [0.15, 0.2) is 23.3 Å². The third-order valence-corrected chi connectivity index (χ3v) is 9.41. The van der Waals surface area contributed by atoms with E-state index in [-0.39, 0.29) is 42.7 Å². The average molecular weight is 475 g/mol. The van der Waals surface area contributed by atoms with Gasteiger partial charge < -0.3 is 19.7 Å². The summed E-state index contributed by atoms with van der Waals surface area (Å²) in [5.41, 5.74) is -3.33. The zero-order chi connectivity index (χ0) is 25.4. The zero-order valence-corrected chi connectivity index (χ0v) is 21.3. The summed E-state index contributed by atoms with van der Waals surface area (Å²) in [5, 5.41) is 24.1. The summed E-state index contributed by atoms with van der Waals surface area (Å²) >= 11 is 0. The number of carbonyl (C=O) groups is 3. The average Bonchev–Trinajstić information content (AvgIpc) is 3.15. The van der Waals surface area contributed by atoms with E-state index < -0.39 is 39.8 Å². The van der Waals surface area contributed by atoms with Gasteiger partial charge in [0.2, 0.25) is 0 Å². The molecule has 2 unspecified atom stereocenters. The molecule has 4 aliphatic rings. The van der Waals surface area contributed by atoms with Crippen molar-refractivity contribution < 1.29 is 34.1 Å². The van der Waals surface area contributed by atoms with Crippen LogP contribution in [-0.4, -0.2) is 51.3 Å². The molecule has 7 heteroatoms. The first-order valence-electron chi connectivity index (χ1n) is 12.4. The van der Waals surface area contributed by atoms with Crippen molar-refractivity contribution in [2.75, 3.05) is 6.61 Å². The summed E-state index contributed by atoms with van der Waals surface area (Å²) < 4.78 is 11.5. The number of esters is 2. The predicted octanol–water partition coefficient (Wildman–Crippen LogP) is 3.13. The van der Waals surface area contributed by atoms with E-state index in [4.69, 9.17) is 9.47 Å². The Balaban J connectivity index is 1.80. The van der Waals surface area contributed by atoms with Crippen LogP contribution in [0.4, 0.5) is 0 Å². The minimum Gasteiger partial charge on any atom is -0.461 e. The first kappa shape index (κ1) is 25.1. The SMILES string of the molecule is CCC(C)C(=O)OCC1=C[C@H]2[C@@H]3C(C)(C)[C@]3(OC(C)=O)C[C@@H](C)[C@]2(O)C2C=C(C)C(=O)[C@@]2(O)C1. The van der Waals surface area contributed by atoms with Gasteiger partial charge in [-0.3, -0.25) is 14.4 Å². The fourth-order valence-electron chi connectivity index (χ4n) is 7.32. The largest absolute Gasteiger partial charge is 0.461 e. The number of ether oxygens (including phenoxy) is 2. The molecule has 7 nitrogen and oxygen atoms in total. The van der Waals surface area contributed by atoms with Crippen LogP contribution in [0.3, 0.4) is 0 Å². The molecule has 0 spiro atoms. The number of aliphatic hydroxyl groups is 2. The summed E-state index contributed by atoms with van der Waals surface area (Å²) in [7, 11) is 0. The first-order chi connectivity index (χ1) is 15.7. The highest BCUT2D eigenvalue weighted by atomic mass is 16.6. The molecule has 0 aliphatic heterocycles. The molecule has 188 valence electrons. The van der Waals surface area contributed by atoms with Gasteiger partial charge >= 0.3 is 11.9 Å². The van der Waals surface area contributed by atoms with Gasteiger partial charge in [-0.25, -0.2) is 0 Å². The Hall–Kier alpha value is -1.99. The molecule has 0 amide bonds. The van der Waals surface area contributed by atoms with E-state index in [1.165, 1.54) is 6.92 Å². The minimum atomic E-state index is -1.81. The van der Waals surface area contributed by atoms with Crippen LogP contribution < -0.4 is 0 Å². The first-order valence-corrected chi connectivity index (χ1v) is 12.4. The maximum absolute atomic E-state index is 13.2. The molecule has 0 radical (unpaired) electrons. The van der Waals surface area contributed by atoms with Crippen LogP contribution in [0.25, 0.3) is 0 Å². The van der Waals surface area contributed by atoms with Crippen molar-refractivity contribution >= 4 is 17.7 Å². The normalized spacial score (nSPS) is 42.8. The number of hydrogen-bond donors (Lipinski definition) is 2. The van der Waals surface area contributed by atoms with Crippen LogP contribution in [0.5, 0.6) is 0 Å². The van der Waals surface area contributed by atoms with E-state index in [0.717, 1.165) is 0 Å². The van der Waals surface area contributed by atoms with E-state index in [2.05, 4.69) is 0 Å². The van der Waals surface area contributed by atoms with Crippen molar-refractivity contribution in [2.24, 2.45) is 35.0 Å². The van der Waals surface area contributed by atoms with E-state index in [1.54, 1.807) is 19.9 Å². The Bertz CT molecular complexity index is 993. The summed E-state index contributed by atoms with van der Waals surface area (Å²) in [6.45, 7) is 12.7. The molecule has 0 aromatic rings. The van der Waals surface area contributed by atoms with Gasteiger partial charge in [0.1, 0.15) is 17.8 Å². The fraction of sp³-hybridized carbons (Fsp3) is 0.741. The highest BCUT2D eigenvalue weighted by molar-refractivity contribution is 6.04. The van der Waals surface area contributed by atoms with E-state index in [9.17, 15) is 24.6 Å². The molecule has 2 fully saturated rings. The number of Topliss-reactive ketones (excluding diaryl/α,β-unsaturated/α-hetero) is 1. The zero-order valence-electron chi connectivity index (χ0n) is 21.3. The van der Waals surface area contributed by atoms with Gasteiger partial charge in [-0.05, 0) is 36.8 Å². The van der Waals surface area contributed by atoms with Crippen LogP contribution >= 0.6 is 0 Å². The third-order valence-electron chi connectivity index (χ3n) is 9.41. The standard InChI is InChI=1S/C27H38O7/c1-8-14(2)23(30)33-13-18-10-19-21-24(6,7)26(21,34-17(5)28)11-16(4)27(19,32)20-9-15(3)22(29)25(20,31)12-18/h9-10,14,16,19-21,31-32H,8,11-13H2,1-7H3/t14?,16-,19+,20?,21-,25-,26+,27-/m1/s1. The Morgan fingerprint density at radius 2 is 1.88 bits per heavy atom. The van der Waals surface area contributed by atoms with Crippen molar-refractivity contribution in [3.8, 4) is 0 Å². The maximum atomic E-state index is 13.2. The van der Waals surface area contributed by atoms with Crippen molar-refractivity contribution in [3.63, 3.8) is 0 Å². The molecule has 0 aromatic carbocycles. The molecular formula is C27H38O7. The quantitative estimate of drug-likeness (QED) is 0.465. The Kier molecular flexibility index (Phi) is 5.73. The highest BCUT2D eigenvalue weighted by Gasteiger charge is 2.83. The van der Waals surface area contributed by atoms with Gasteiger partial charge in [0.25, 0.3) is 0 Å². The molecule has 0 aromatic heterocycles.